The molecule has 3 aliphatic heterocycles. The smallest absolute Gasteiger partial charge is 0.407 e. The molecule has 3 fully saturated rings. The van der Waals surface area contributed by atoms with Crippen molar-refractivity contribution in [1.29, 1.82) is 0 Å². The van der Waals surface area contributed by atoms with E-state index in [9.17, 15) is 33.6 Å². The van der Waals surface area contributed by atoms with Gasteiger partial charge in [-0.05, 0) is 166 Å². The van der Waals surface area contributed by atoms with Gasteiger partial charge in [0, 0.05) is 139 Å². The predicted molar refractivity (Wildman–Crippen MR) is 591 cm³/mol. The van der Waals surface area contributed by atoms with E-state index in [4.69, 9.17) is 39.1 Å². The molecule has 10 atom stereocenters. The molecule has 148 heavy (non-hydrogen) atoms. The summed E-state index contributed by atoms with van der Waals surface area (Å²) in [5.74, 6) is -0.544. The molecule has 0 bridgehead atoms. The van der Waals surface area contributed by atoms with Crippen LogP contribution in [0.5, 0.6) is 0 Å². The van der Waals surface area contributed by atoms with Crippen molar-refractivity contribution in [3.63, 3.8) is 0 Å². The van der Waals surface area contributed by atoms with Crippen LogP contribution in [-0.2, 0) is 59.2 Å². The number of aliphatic imine (C=N–C) groups is 3. The fourth-order valence-electron chi connectivity index (χ4n) is 20.5. The van der Waals surface area contributed by atoms with E-state index in [0.717, 1.165) is 78.0 Å². The van der Waals surface area contributed by atoms with E-state index in [1.807, 2.05) is 167 Å². The van der Waals surface area contributed by atoms with Gasteiger partial charge in [0.2, 0.25) is 35.4 Å². The second kappa shape index (κ2) is 55.6. The maximum absolute atomic E-state index is 14.6. The first kappa shape index (κ1) is 108. The Balaban J connectivity index is 0.000000176. The Morgan fingerprint density at radius 2 is 0.676 bits per heavy atom. The summed E-state index contributed by atoms with van der Waals surface area (Å²) < 4.78 is 5.48. The molecule has 4 heterocycles. The Hall–Kier alpha value is -15.6. The molecule has 1 aromatic heterocycles. The van der Waals surface area contributed by atoms with Gasteiger partial charge in [-0.3, -0.25) is 43.7 Å². The van der Waals surface area contributed by atoms with Crippen LogP contribution in [0.3, 0.4) is 0 Å². The molecule has 12 aromatic carbocycles. The van der Waals surface area contributed by atoms with Crippen molar-refractivity contribution in [2.45, 2.75) is 189 Å². The number of carbonyl (C=O) groups excluding carboxylic acids is 7. The van der Waals surface area contributed by atoms with Crippen molar-refractivity contribution in [2.75, 3.05) is 65.5 Å². The number of amides is 7. The number of hydrogen-bond donors (Lipinski definition) is 14. The van der Waals surface area contributed by atoms with Crippen molar-refractivity contribution < 1.29 is 38.3 Å². The van der Waals surface area contributed by atoms with Crippen LogP contribution in [0.15, 0.2) is 337 Å². The van der Waals surface area contributed by atoms with Crippen molar-refractivity contribution in [2.24, 2.45) is 49.4 Å². The Kier molecular flexibility index (Phi) is 40.7. The number of aromatic amines is 1. The molecule has 3 saturated heterocycles. The first-order valence-electron chi connectivity index (χ1n) is 51.8. The molecule has 0 radical (unpaired) electrons. The number of nitrogens with two attached hydrogens (primary N) is 6. The Morgan fingerprint density at radius 1 is 0.378 bits per heavy atom. The van der Waals surface area contributed by atoms with Gasteiger partial charge in [0.15, 0.2) is 17.9 Å². The molecule has 7 amide bonds. The van der Waals surface area contributed by atoms with E-state index in [0.29, 0.717) is 143 Å². The zero-order valence-electron chi connectivity index (χ0n) is 84.9. The minimum Gasteiger partial charge on any atom is -0.450 e. The molecule has 0 saturated carbocycles. The molecule has 29 heteroatoms. The van der Waals surface area contributed by atoms with Gasteiger partial charge in [0.1, 0.15) is 6.04 Å². The number of hydrogen-bond acceptors (Lipinski definition) is 15. The van der Waals surface area contributed by atoms with Crippen LogP contribution >= 0.6 is 0 Å². The van der Waals surface area contributed by atoms with Gasteiger partial charge in [0.05, 0.1) is 37.1 Å². The van der Waals surface area contributed by atoms with Crippen LogP contribution in [-0.4, -0.2) is 210 Å². The summed E-state index contributed by atoms with van der Waals surface area (Å²) in [4.78, 5) is 121. The van der Waals surface area contributed by atoms with Crippen LogP contribution in [0.2, 0.25) is 0 Å². The number of guanidine groups is 3. The Morgan fingerprint density at radius 3 is 0.966 bits per heavy atom. The third-order valence-electron chi connectivity index (χ3n) is 27.9. The van der Waals surface area contributed by atoms with Gasteiger partial charge < -0.3 is 96.0 Å². The van der Waals surface area contributed by atoms with Crippen LogP contribution in [0, 0.1) is 0 Å². The number of fused-ring (bicyclic) bond motifs is 3. The molecule has 772 valence electrons. The molecule has 20 N–H and O–H groups in total. The number of imidazole rings is 1. The van der Waals surface area contributed by atoms with Crippen LogP contribution in [0.4, 0.5) is 4.79 Å². The lowest BCUT2D eigenvalue weighted by atomic mass is 9.90. The fourth-order valence-corrected chi connectivity index (χ4v) is 20.5. The van der Waals surface area contributed by atoms with Crippen molar-refractivity contribution >= 4 is 91.7 Å². The highest BCUT2D eigenvalue weighted by molar-refractivity contribution is 5.89. The maximum Gasteiger partial charge on any atom is 0.407 e. The quantitative estimate of drug-likeness (QED) is 0.00960. The largest absolute Gasteiger partial charge is 0.450 e. The van der Waals surface area contributed by atoms with E-state index >= 15 is 0 Å². The van der Waals surface area contributed by atoms with E-state index in [1.165, 1.54) is 23.4 Å². The molecule has 0 unspecified atom stereocenters. The second-order valence-corrected chi connectivity index (χ2v) is 38.7. The Bertz CT molecular complexity index is 6380. The minimum absolute atomic E-state index is 0.00443. The topological polar surface area (TPSA) is 445 Å². The molecule has 0 aliphatic carbocycles. The van der Waals surface area contributed by atoms with Crippen molar-refractivity contribution in [3.8, 4) is 0 Å². The summed E-state index contributed by atoms with van der Waals surface area (Å²) in [6.07, 6.45) is 10.9. The number of H-pyrrole nitrogens is 1. The number of rotatable bonds is 42. The van der Waals surface area contributed by atoms with Gasteiger partial charge >= 0.3 is 6.09 Å². The third-order valence-corrected chi connectivity index (χ3v) is 27.9. The normalized spacial score (nSPS) is 17.2. The molecule has 0 spiro atoms. The number of benzene rings is 12. The first-order chi connectivity index (χ1) is 72.0. The number of alkyl carbamates (subject to hydrolysis) is 1. The lowest BCUT2D eigenvalue weighted by Gasteiger charge is -2.31. The standard InChI is InChI=1S/C43H51N9O3.C39H48N6O3.C37H44N6O2/c1-29(53)49-40(25-35-26-46-28-48-35)41(54)51-39(24-30-18-19-31-11-8-9-16-34(31)23-30)37-20-22-52(42(55)38(50-37)17-10-21-47-43(44)45)27-36(32-12-4-2-5-13-32)33-14-6-3-7-15-33;1-2-24-48-39(47)44-36(26-28-19-20-29-12-9-10-17-32(29)25-28)34-21-23-45(37(46)35(43-34)18-11-22-42-38(40)41)27-33(30-13-5-3-6-14-30)31-15-7-4-8-16-31;1-26(44)41-35(24-27-18-19-28-11-8-9-16-31(28)23-27)33-20-22-43(36(45)34(42-33)17-10-21-40-37(38)39)25-32(29-12-4-2-5-13-29)30-14-6-3-7-15-30/h2-9,11-16,18-19,23,26,28,36-40,50H,10,17,20-22,24-25,27H2,1H3,(H,46,48)(H,49,53)(H,51,54)(H4,44,45,47);3-10,12-17,19-20,25,33-36,43H,2,11,18,21-24,26-27H2,1H3,(H,44,47)(H4,40,41,42);2-9,11-16,18-19,23,32-35,42H,10,17,20-22,24-25H2,1H3,(H,41,44)(H4,38,39,40)/t37-,38-,39-,40-;34-,35-,36-;33-,34-,35+/m000/s1. The van der Waals surface area contributed by atoms with E-state index < -0.39 is 36.3 Å². The number of carbonyl (C=O) groups is 7. The van der Waals surface area contributed by atoms with Crippen LogP contribution < -0.4 is 71.6 Å². The van der Waals surface area contributed by atoms with E-state index in [1.54, 1.807) is 19.4 Å². The van der Waals surface area contributed by atoms with Gasteiger partial charge in [-0.15, -0.1) is 0 Å². The van der Waals surface area contributed by atoms with E-state index in [2.05, 4.69) is 226 Å². The van der Waals surface area contributed by atoms with Gasteiger partial charge in [-0.25, -0.2) is 9.78 Å². The molecule has 16 rings (SSSR count). The summed E-state index contributed by atoms with van der Waals surface area (Å²) >= 11 is 0. The van der Waals surface area contributed by atoms with Crippen LogP contribution in [0.25, 0.3) is 32.3 Å². The Labute approximate surface area is 868 Å². The average Bonchev–Trinajstić information content (AvgIpc) is 1.67. The molecule has 3 aliphatic rings. The SMILES string of the molecule is CC(=O)N[C@@H](Cc1cnc[nH]1)C(=O)N[C@@H](Cc1ccc2ccccc2c1)[C@@H]1CCN(CC(c2ccccc2)c2ccccc2)C(=O)[C@H](CCCN=C(N)N)N1.CC(=O)N[C@H](Cc1ccc2ccccc2c1)[C@@H]1CCN(CC(c2ccccc2)c2ccccc2)C(=O)[C@H](CCCN=C(N)N)N1.CCCOC(=O)N[C@@H](Cc1ccc2ccccc2c1)[C@@H]1CCN(CC(c2ccccc2)c2ccccc2)C(=O)[C@H](CCCN=C(N)N)N1. The van der Waals surface area contributed by atoms with E-state index in [-0.39, 0.29) is 108 Å². The average molecular weight is 2000 g/mol. The summed E-state index contributed by atoms with van der Waals surface area (Å²) in [5, 5.41) is 30.5. The highest BCUT2D eigenvalue weighted by Gasteiger charge is 2.41. The highest BCUT2D eigenvalue weighted by atomic mass is 16.5. The van der Waals surface area contributed by atoms with Gasteiger partial charge in [0.25, 0.3) is 0 Å². The fraction of sp³-hybridized carbons (Fsp3) is 0.336. The summed E-state index contributed by atoms with van der Waals surface area (Å²) in [5.41, 5.74) is 44.5. The summed E-state index contributed by atoms with van der Waals surface area (Å²) in [6, 6.07) is 102. The van der Waals surface area contributed by atoms with Crippen molar-refractivity contribution in [3.05, 3.63) is 378 Å². The number of aromatic nitrogens is 2. The molecular formula is C119H143N21O8. The summed E-state index contributed by atoms with van der Waals surface area (Å²) in [6.45, 7) is 9.70. The van der Waals surface area contributed by atoms with Crippen LogP contribution in [0.1, 0.15) is 158 Å². The number of nitrogens with zero attached hydrogens (tertiary/aromatic N) is 7. The lowest BCUT2D eigenvalue weighted by molar-refractivity contribution is -0.133. The van der Waals surface area contributed by atoms with Gasteiger partial charge in [-0.1, -0.05) is 316 Å². The number of ether oxygens (including phenoxy) is 1. The molecule has 29 nitrogen and oxygen atoms in total. The second-order valence-electron chi connectivity index (χ2n) is 38.7. The maximum atomic E-state index is 14.6. The highest BCUT2D eigenvalue weighted by Crippen LogP contribution is 2.34. The predicted octanol–water partition coefficient (Wildman–Crippen LogP) is 13.4. The van der Waals surface area contributed by atoms with Gasteiger partial charge in [-0.2, -0.15) is 0 Å². The zero-order valence-corrected chi connectivity index (χ0v) is 84.9. The van der Waals surface area contributed by atoms with Crippen molar-refractivity contribution in [1.82, 2.24) is 61.9 Å². The summed E-state index contributed by atoms with van der Waals surface area (Å²) in [7, 11) is 0. The monoisotopic (exact) mass is 1990 g/mol. The first-order valence-corrected chi connectivity index (χ1v) is 51.8. The molecular weight excluding hydrogens is 1850 g/mol. The number of nitrogens with one attached hydrogen (secondary N) is 8. The lowest BCUT2D eigenvalue weighted by Crippen LogP contribution is -2.58. The zero-order chi connectivity index (χ0) is 104. The third kappa shape index (κ3) is 32.5. The minimum atomic E-state index is -0.839. The molecule has 13 aromatic rings.